The quantitative estimate of drug-likeness (QED) is 0.591. The van der Waals surface area contributed by atoms with E-state index in [-0.39, 0.29) is 17.4 Å². The van der Waals surface area contributed by atoms with Crippen molar-refractivity contribution in [3.8, 4) is 11.3 Å². The van der Waals surface area contributed by atoms with E-state index in [2.05, 4.69) is 15.4 Å². The number of aromatic nitrogens is 3. The zero-order chi connectivity index (χ0) is 18.0. The van der Waals surface area contributed by atoms with E-state index in [0.29, 0.717) is 29.7 Å². The first-order valence-electron chi connectivity index (χ1n) is 8.24. The van der Waals surface area contributed by atoms with Gasteiger partial charge in [-0.2, -0.15) is 0 Å². The van der Waals surface area contributed by atoms with Crippen molar-refractivity contribution in [1.29, 1.82) is 0 Å². The van der Waals surface area contributed by atoms with E-state index in [4.69, 9.17) is 8.94 Å². The molecular formula is C17H17N3O4S2. The molecule has 1 saturated heterocycles. The third kappa shape index (κ3) is 4.16. The van der Waals surface area contributed by atoms with Crippen LogP contribution in [0.4, 0.5) is 0 Å². The standard InChI is InChI=1S/C17H17N3O4S2/c21-26(22)7-6-12(11-26)8-16-18-19-17(23-16)25-10-14-9-15(24-20-14)13-4-2-1-3-5-13/h1-5,9,12H,6-8,10-11H2/t12-/m1/s1. The molecule has 136 valence electrons. The number of rotatable bonds is 6. The molecule has 0 saturated carbocycles. The lowest BCUT2D eigenvalue weighted by atomic mass is 10.1. The highest BCUT2D eigenvalue weighted by molar-refractivity contribution is 7.98. The summed E-state index contributed by atoms with van der Waals surface area (Å²) in [6.07, 6.45) is 1.17. The Kier molecular flexibility index (Phi) is 4.82. The van der Waals surface area contributed by atoms with Crippen LogP contribution in [-0.2, 0) is 22.0 Å². The van der Waals surface area contributed by atoms with E-state index in [0.717, 1.165) is 17.0 Å². The molecule has 0 spiro atoms. The zero-order valence-electron chi connectivity index (χ0n) is 13.9. The summed E-state index contributed by atoms with van der Waals surface area (Å²) < 4.78 is 34.0. The minimum absolute atomic E-state index is 0.0715. The van der Waals surface area contributed by atoms with Crippen LogP contribution < -0.4 is 0 Å². The summed E-state index contributed by atoms with van der Waals surface area (Å²) in [5.74, 6) is 2.29. The van der Waals surface area contributed by atoms with Crippen LogP contribution >= 0.6 is 11.8 Å². The van der Waals surface area contributed by atoms with Gasteiger partial charge < -0.3 is 8.94 Å². The molecule has 7 nitrogen and oxygen atoms in total. The molecule has 26 heavy (non-hydrogen) atoms. The first kappa shape index (κ1) is 17.3. The maximum Gasteiger partial charge on any atom is 0.276 e. The number of hydrogen-bond acceptors (Lipinski definition) is 8. The molecule has 0 N–H and O–H groups in total. The summed E-state index contributed by atoms with van der Waals surface area (Å²) >= 11 is 1.38. The second-order valence-corrected chi connectivity index (χ2v) is 9.43. The molecule has 1 aliphatic heterocycles. The first-order chi connectivity index (χ1) is 12.6. The second kappa shape index (κ2) is 7.24. The molecule has 1 aromatic carbocycles. The molecule has 1 atom stereocenters. The molecule has 0 unspecified atom stereocenters. The fourth-order valence-electron chi connectivity index (χ4n) is 2.91. The lowest BCUT2D eigenvalue weighted by molar-refractivity contribution is 0.389. The molecule has 4 rings (SSSR count). The smallest absolute Gasteiger partial charge is 0.276 e. The van der Waals surface area contributed by atoms with Gasteiger partial charge in [-0.05, 0) is 12.3 Å². The topological polar surface area (TPSA) is 99.1 Å². The van der Waals surface area contributed by atoms with E-state index >= 15 is 0 Å². The van der Waals surface area contributed by atoms with Gasteiger partial charge in [0.15, 0.2) is 15.6 Å². The van der Waals surface area contributed by atoms with Gasteiger partial charge in [0, 0.05) is 23.8 Å². The number of hydrogen-bond donors (Lipinski definition) is 0. The Morgan fingerprint density at radius 3 is 2.81 bits per heavy atom. The highest BCUT2D eigenvalue weighted by Gasteiger charge is 2.29. The molecular weight excluding hydrogens is 374 g/mol. The minimum atomic E-state index is -2.89. The van der Waals surface area contributed by atoms with Crippen molar-refractivity contribution in [3.05, 3.63) is 48.0 Å². The third-order valence-electron chi connectivity index (χ3n) is 4.20. The molecule has 0 aliphatic carbocycles. The van der Waals surface area contributed by atoms with Gasteiger partial charge in [0.05, 0.1) is 17.2 Å². The number of benzene rings is 1. The number of nitrogens with zero attached hydrogens (tertiary/aromatic N) is 3. The monoisotopic (exact) mass is 391 g/mol. The van der Waals surface area contributed by atoms with Crippen LogP contribution in [0, 0.1) is 5.92 Å². The molecule has 0 bridgehead atoms. The van der Waals surface area contributed by atoms with Gasteiger partial charge in [0.1, 0.15) is 0 Å². The van der Waals surface area contributed by atoms with E-state index in [1.807, 2.05) is 36.4 Å². The van der Waals surface area contributed by atoms with E-state index in [1.54, 1.807) is 0 Å². The van der Waals surface area contributed by atoms with Crippen LogP contribution in [0.15, 0.2) is 50.6 Å². The van der Waals surface area contributed by atoms with Crippen molar-refractivity contribution in [1.82, 2.24) is 15.4 Å². The fourth-order valence-corrected chi connectivity index (χ4v) is 5.44. The Labute approximate surface area is 155 Å². The lowest BCUT2D eigenvalue weighted by Crippen LogP contribution is -2.07. The molecule has 3 heterocycles. The SMILES string of the molecule is O=S1(=O)CC[C@H](Cc2nnc(SCc3cc(-c4ccccc4)on3)o2)C1. The van der Waals surface area contributed by atoms with Crippen molar-refractivity contribution in [2.75, 3.05) is 11.5 Å². The Bertz CT molecular complexity index is 982. The number of sulfone groups is 1. The minimum Gasteiger partial charge on any atom is -0.416 e. The summed E-state index contributed by atoms with van der Waals surface area (Å²) in [6, 6.07) is 11.7. The normalized spacial score (nSPS) is 19.0. The van der Waals surface area contributed by atoms with Gasteiger partial charge in [-0.3, -0.25) is 0 Å². The molecule has 2 aromatic heterocycles. The van der Waals surface area contributed by atoms with Gasteiger partial charge >= 0.3 is 0 Å². The Balaban J connectivity index is 1.33. The molecule has 1 aliphatic rings. The highest BCUT2D eigenvalue weighted by atomic mass is 32.2. The van der Waals surface area contributed by atoms with Crippen LogP contribution in [0.2, 0.25) is 0 Å². The van der Waals surface area contributed by atoms with Crippen LogP contribution in [0.3, 0.4) is 0 Å². The van der Waals surface area contributed by atoms with Gasteiger partial charge in [-0.1, -0.05) is 47.3 Å². The molecule has 3 aromatic rings. The van der Waals surface area contributed by atoms with Crippen LogP contribution in [0.25, 0.3) is 11.3 Å². The Morgan fingerprint density at radius 1 is 1.19 bits per heavy atom. The van der Waals surface area contributed by atoms with Gasteiger partial charge in [-0.25, -0.2) is 8.42 Å². The summed E-state index contributed by atoms with van der Waals surface area (Å²) in [6.45, 7) is 0. The van der Waals surface area contributed by atoms with Gasteiger partial charge in [0.2, 0.25) is 5.89 Å². The average Bonchev–Trinajstić information content (AvgIpc) is 3.34. The largest absolute Gasteiger partial charge is 0.416 e. The Hall–Kier alpha value is -2.13. The summed E-state index contributed by atoms with van der Waals surface area (Å²) in [7, 11) is -2.89. The van der Waals surface area contributed by atoms with E-state index in [9.17, 15) is 8.42 Å². The van der Waals surface area contributed by atoms with E-state index < -0.39 is 9.84 Å². The first-order valence-corrected chi connectivity index (χ1v) is 11.0. The van der Waals surface area contributed by atoms with Crippen molar-refractivity contribution in [2.45, 2.75) is 23.8 Å². The number of thioether (sulfide) groups is 1. The summed E-state index contributed by atoms with van der Waals surface area (Å²) in [5.41, 5.74) is 1.76. The Morgan fingerprint density at radius 2 is 2.04 bits per heavy atom. The second-order valence-electron chi connectivity index (χ2n) is 6.27. The predicted octanol–water partition coefficient (Wildman–Crippen LogP) is 2.99. The molecule has 0 radical (unpaired) electrons. The maximum atomic E-state index is 11.5. The predicted molar refractivity (Wildman–Crippen MR) is 96.3 cm³/mol. The molecule has 0 amide bonds. The van der Waals surface area contributed by atoms with Crippen molar-refractivity contribution in [2.24, 2.45) is 5.92 Å². The van der Waals surface area contributed by atoms with Crippen LogP contribution in [-0.4, -0.2) is 35.3 Å². The van der Waals surface area contributed by atoms with Crippen molar-refractivity contribution >= 4 is 21.6 Å². The zero-order valence-corrected chi connectivity index (χ0v) is 15.5. The fraction of sp³-hybridized carbons (Fsp3) is 0.353. The molecule has 1 fully saturated rings. The lowest BCUT2D eigenvalue weighted by Gasteiger charge is -2.01. The third-order valence-corrected chi connectivity index (χ3v) is 6.89. The van der Waals surface area contributed by atoms with E-state index in [1.165, 1.54) is 11.8 Å². The molecule has 9 heteroatoms. The van der Waals surface area contributed by atoms with Crippen molar-refractivity contribution in [3.63, 3.8) is 0 Å². The average molecular weight is 391 g/mol. The maximum absolute atomic E-state index is 11.5. The van der Waals surface area contributed by atoms with Crippen molar-refractivity contribution < 1.29 is 17.4 Å². The summed E-state index contributed by atoms with van der Waals surface area (Å²) in [5, 5.41) is 12.5. The highest BCUT2D eigenvalue weighted by Crippen LogP contribution is 2.27. The van der Waals surface area contributed by atoms with Crippen LogP contribution in [0.5, 0.6) is 0 Å². The summed E-state index contributed by atoms with van der Waals surface area (Å²) in [4.78, 5) is 0. The van der Waals surface area contributed by atoms with Gasteiger partial charge in [0.25, 0.3) is 5.22 Å². The van der Waals surface area contributed by atoms with Crippen LogP contribution in [0.1, 0.15) is 18.0 Å². The van der Waals surface area contributed by atoms with Gasteiger partial charge in [-0.15, -0.1) is 10.2 Å².